The Kier molecular flexibility index (Phi) is 5.40. The maximum Gasteiger partial charge on any atom is 0.263 e. The lowest BCUT2D eigenvalue weighted by atomic mass is 10.1. The van der Waals surface area contributed by atoms with E-state index in [9.17, 15) is 9.59 Å². The molecule has 10 heteroatoms. The first-order valence-corrected chi connectivity index (χ1v) is 10.9. The summed E-state index contributed by atoms with van der Waals surface area (Å²) in [5.41, 5.74) is 4.11. The van der Waals surface area contributed by atoms with Crippen LogP contribution < -0.4 is 15.6 Å². The summed E-state index contributed by atoms with van der Waals surface area (Å²) in [5.74, 6) is 0.726. The van der Waals surface area contributed by atoms with Crippen LogP contribution in [0.5, 0.6) is 5.75 Å². The van der Waals surface area contributed by atoms with Gasteiger partial charge in [-0.25, -0.2) is 4.68 Å². The van der Waals surface area contributed by atoms with Crippen molar-refractivity contribution >= 4 is 22.8 Å². The molecule has 0 saturated heterocycles. The number of anilines is 1. The van der Waals surface area contributed by atoms with E-state index >= 15 is 0 Å². The molecule has 176 valence electrons. The van der Waals surface area contributed by atoms with Crippen LogP contribution in [-0.2, 0) is 0 Å². The number of hydrogen-bond acceptors (Lipinski definition) is 6. The van der Waals surface area contributed by atoms with Crippen LogP contribution in [-0.4, -0.2) is 42.5 Å². The molecule has 0 unspecified atom stereocenters. The normalized spacial score (nSPS) is 11.1. The quantitative estimate of drug-likeness (QED) is 0.407. The number of methoxy groups -OCH3 is 1. The molecule has 5 rings (SSSR count). The number of benzene rings is 2. The fourth-order valence-electron chi connectivity index (χ4n) is 3.76. The number of nitrogens with one attached hydrogen (secondary N) is 2. The number of carbonyl (C=O) groups is 1. The van der Waals surface area contributed by atoms with Gasteiger partial charge in [0.15, 0.2) is 5.65 Å². The Labute approximate surface area is 200 Å². The van der Waals surface area contributed by atoms with Crippen LogP contribution in [0.4, 0.5) is 5.82 Å². The number of H-pyrrole nitrogens is 1. The van der Waals surface area contributed by atoms with Crippen molar-refractivity contribution in [2.75, 3.05) is 12.4 Å². The lowest BCUT2D eigenvalue weighted by molar-refractivity contribution is 0.102. The predicted octanol–water partition coefficient (Wildman–Crippen LogP) is 3.48. The molecular formula is C25H23N7O3. The molecule has 0 spiro atoms. The largest absolute Gasteiger partial charge is 0.497 e. The maximum atomic E-state index is 12.9. The van der Waals surface area contributed by atoms with E-state index in [1.54, 1.807) is 41.9 Å². The van der Waals surface area contributed by atoms with Gasteiger partial charge in [-0.05, 0) is 62.2 Å². The van der Waals surface area contributed by atoms with Crippen LogP contribution in [0.3, 0.4) is 0 Å². The highest BCUT2D eigenvalue weighted by Crippen LogP contribution is 2.21. The van der Waals surface area contributed by atoms with Crippen LogP contribution in [0.15, 0.2) is 59.5 Å². The Balaban J connectivity index is 1.57. The van der Waals surface area contributed by atoms with Gasteiger partial charge in [0, 0.05) is 11.6 Å². The molecule has 0 aliphatic carbocycles. The van der Waals surface area contributed by atoms with Gasteiger partial charge in [0.05, 0.1) is 24.7 Å². The van der Waals surface area contributed by atoms with E-state index in [4.69, 9.17) is 4.74 Å². The van der Waals surface area contributed by atoms with Gasteiger partial charge in [0.2, 0.25) is 5.95 Å². The van der Waals surface area contributed by atoms with Crippen molar-refractivity contribution in [3.05, 3.63) is 87.5 Å². The summed E-state index contributed by atoms with van der Waals surface area (Å²) < 4.78 is 8.22. The van der Waals surface area contributed by atoms with Crippen molar-refractivity contribution < 1.29 is 9.53 Å². The van der Waals surface area contributed by atoms with Crippen molar-refractivity contribution in [3.63, 3.8) is 0 Å². The molecule has 0 saturated carbocycles. The first kappa shape index (κ1) is 22.1. The Morgan fingerprint density at radius 3 is 2.63 bits per heavy atom. The average molecular weight is 470 g/mol. The molecule has 2 aromatic carbocycles. The number of aromatic amines is 1. The highest BCUT2D eigenvalue weighted by atomic mass is 16.5. The Morgan fingerprint density at radius 1 is 1.03 bits per heavy atom. The van der Waals surface area contributed by atoms with Crippen molar-refractivity contribution in [3.8, 4) is 17.4 Å². The number of fused-ring (bicyclic) bond motifs is 1. The molecule has 0 bridgehead atoms. The summed E-state index contributed by atoms with van der Waals surface area (Å²) in [6.45, 7) is 5.83. The first-order chi connectivity index (χ1) is 16.8. The average Bonchev–Trinajstić information content (AvgIpc) is 3.44. The Hall–Kier alpha value is -4.73. The highest BCUT2D eigenvalue weighted by molar-refractivity contribution is 6.04. The van der Waals surface area contributed by atoms with Crippen LogP contribution in [0.25, 0.3) is 22.7 Å². The third-order valence-electron chi connectivity index (χ3n) is 5.77. The number of carbonyl (C=O) groups excluding carboxylic acids is 1. The van der Waals surface area contributed by atoms with Crippen molar-refractivity contribution in [1.29, 1.82) is 0 Å². The summed E-state index contributed by atoms with van der Waals surface area (Å²) >= 11 is 0. The summed E-state index contributed by atoms with van der Waals surface area (Å²) in [4.78, 5) is 33.2. The molecule has 1 amide bonds. The minimum atomic E-state index is -0.363. The Morgan fingerprint density at radius 2 is 1.86 bits per heavy atom. The van der Waals surface area contributed by atoms with E-state index in [1.165, 1.54) is 18.0 Å². The molecule has 0 radical (unpaired) electrons. The van der Waals surface area contributed by atoms with E-state index in [0.717, 1.165) is 16.8 Å². The second-order valence-electron chi connectivity index (χ2n) is 8.22. The monoisotopic (exact) mass is 469 g/mol. The smallest absolute Gasteiger partial charge is 0.263 e. The fraction of sp³-hybridized carbons (Fsp3) is 0.160. The zero-order chi connectivity index (χ0) is 24.7. The first-order valence-electron chi connectivity index (χ1n) is 10.9. The molecule has 5 aromatic rings. The maximum absolute atomic E-state index is 12.9. The van der Waals surface area contributed by atoms with Gasteiger partial charge in [0.25, 0.3) is 11.5 Å². The Bertz CT molecular complexity index is 1640. The van der Waals surface area contributed by atoms with Gasteiger partial charge < -0.3 is 10.1 Å². The summed E-state index contributed by atoms with van der Waals surface area (Å²) in [5, 5.41) is 12.0. The van der Waals surface area contributed by atoms with E-state index in [1.807, 2.05) is 32.0 Å². The van der Waals surface area contributed by atoms with Gasteiger partial charge in [-0.15, -0.1) is 0 Å². The van der Waals surface area contributed by atoms with Crippen molar-refractivity contribution in [2.24, 2.45) is 0 Å². The van der Waals surface area contributed by atoms with Crippen LogP contribution in [0, 0.1) is 20.8 Å². The van der Waals surface area contributed by atoms with E-state index in [0.29, 0.717) is 33.9 Å². The van der Waals surface area contributed by atoms with E-state index < -0.39 is 0 Å². The van der Waals surface area contributed by atoms with Gasteiger partial charge in [-0.2, -0.15) is 19.9 Å². The SMILES string of the molecule is COc1cccc(C(=O)Nc2cc(C)nn2-c2nc3c(cnn3-c3ccc(C)c(C)c3)c(=O)[nH]2)c1. The third kappa shape index (κ3) is 4.05. The van der Waals surface area contributed by atoms with Crippen molar-refractivity contribution in [2.45, 2.75) is 20.8 Å². The van der Waals surface area contributed by atoms with Gasteiger partial charge in [0.1, 0.15) is 17.0 Å². The molecule has 2 N–H and O–H groups in total. The second kappa shape index (κ2) is 8.56. The van der Waals surface area contributed by atoms with Crippen LogP contribution in [0.1, 0.15) is 27.2 Å². The van der Waals surface area contributed by atoms with Crippen LogP contribution in [0.2, 0.25) is 0 Å². The third-order valence-corrected chi connectivity index (χ3v) is 5.77. The fourth-order valence-corrected chi connectivity index (χ4v) is 3.76. The minimum Gasteiger partial charge on any atom is -0.497 e. The molecular weight excluding hydrogens is 446 g/mol. The number of amides is 1. The standard InChI is InChI=1S/C25H23N7O3/c1-14-8-9-18(10-15(14)2)31-22-20(13-26-31)24(34)29-25(28-22)32-21(11-16(3)30-32)27-23(33)17-6-5-7-19(12-17)35-4/h5-13H,1-4H3,(H,27,33)(H,28,29,34). The summed E-state index contributed by atoms with van der Waals surface area (Å²) in [6, 6.07) is 14.4. The lowest BCUT2D eigenvalue weighted by Crippen LogP contribution is -2.19. The molecule has 0 aliphatic rings. The van der Waals surface area contributed by atoms with E-state index in [2.05, 4.69) is 25.5 Å². The predicted molar refractivity (Wildman–Crippen MR) is 132 cm³/mol. The second-order valence-corrected chi connectivity index (χ2v) is 8.22. The number of ether oxygens (including phenoxy) is 1. The van der Waals surface area contributed by atoms with Gasteiger partial charge in [-0.3, -0.25) is 14.6 Å². The molecule has 0 fully saturated rings. The van der Waals surface area contributed by atoms with Gasteiger partial charge >= 0.3 is 0 Å². The number of aromatic nitrogens is 6. The summed E-state index contributed by atoms with van der Waals surface area (Å²) in [7, 11) is 1.54. The summed E-state index contributed by atoms with van der Waals surface area (Å²) in [6.07, 6.45) is 1.49. The molecule has 3 aromatic heterocycles. The minimum absolute atomic E-state index is 0.155. The molecule has 3 heterocycles. The van der Waals surface area contributed by atoms with Gasteiger partial charge in [-0.1, -0.05) is 12.1 Å². The highest BCUT2D eigenvalue weighted by Gasteiger charge is 2.18. The molecule has 10 nitrogen and oxygen atoms in total. The zero-order valence-corrected chi connectivity index (χ0v) is 19.7. The number of hydrogen-bond donors (Lipinski definition) is 2. The number of nitrogens with zero attached hydrogens (tertiary/aromatic N) is 5. The van der Waals surface area contributed by atoms with Crippen molar-refractivity contribution in [1.82, 2.24) is 29.5 Å². The lowest BCUT2D eigenvalue weighted by Gasteiger charge is -2.10. The molecule has 0 atom stereocenters. The molecule has 35 heavy (non-hydrogen) atoms. The van der Waals surface area contributed by atoms with Crippen LogP contribution >= 0.6 is 0 Å². The molecule has 0 aliphatic heterocycles. The number of aryl methyl sites for hydroxylation is 3. The zero-order valence-electron chi connectivity index (χ0n) is 19.7. The topological polar surface area (TPSA) is 120 Å². The van der Waals surface area contributed by atoms with E-state index in [-0.39, 0.29) is 17.4 Å². The number of rotatable bonds is 5.